The highest BCUT2D eigenvalue weighted by Crippen LogP contribution is 2.56. The second-order valence-electron chi connectivity index (χ2n) is 4.82. The van der Waals surface area contributed by atoms with Crippen LogP contribution >= 0.6 is 0 Å². The molecule has 3 unspecified atom stereocenters. The number of nitrogens with one attached hydrogen (secondary N) is 1. The van der Waals surface area contributed by atoms with Gasteiger partial charge in [-0.05, 0) is 43.1 Å². The number of rotatable bonds is 3. The second-order valence-corrected chi connectivity index (χ2v) is 4.82. The van der Waals surface area contributed by atoms with E-state index in [9.17, 15) is 4.79 Å². The van der Waals surface area contributed by atoms with Crippen LogP contribution in [0.3, 0.4) is 0 Å². The number of fused-ring (bicyclic) bond motifs is 1. The Bertz CT molecular complexity index is 393. The van der Waals surface area contributed by atoms with Crippen molar-refractivity contribution < 1.29 is 4.79 Å². The molecule has 0 spiro atoms. The molecular formula is C12H15N3O. The largest absolute Gasteiger partial charge is 0.295 e. The summed E-state index contributed by atoms with van der Waals surface area (Å²) in [6.07, 6.45) is 7.80. The van der Waals surface area contributed by atoms with Crippen LogP contribution in [0.5, 0.6) is 0 Å². The first-order valence-electron chi connectivity index (χ1n) is 5.90. The quantitative estimate of drug-likeness (QED) is 0.840. The van der Waals surface area contributed by atoms with Crippen LogP contribution in [0.2, 0.25) is 0 Å². The van der Waals surface area contributed by atoms with E-state index in [0.29, 0.717) is 18.3 Å². The zero-order valence-corrected chi connectivity index (χ0v) is 9.10. The van der Waals surface area contributed by atoms with E-state index in [-0.39, 0.29) is 5.91 Å². The molecule has 1 heterocycles. The van der Waals surface area contributed by atoms with Crippen LogP contribution in [0.1, 0.15) is 25.7 Å². The average Bonchev–Trinajstić information content (AvgIpc) is 2.97. The fraction of sp³-hybridized carbons (Fsp3) is 0.583. The molecular weight excluding hydrogens is 202 g/mol. The van der Waals surface area contributed by atoms with Crippen LogP contribution in [0.25, 0.3) is 0 Å². The van der Waals surface area contributed by atoms with Crippen LogP contribution < -0.4 is 5.32 Å². The van der Waals surface area contributed by atoms with Gasteiger partial charge in [-0.3, -0.25) is 10.1 Å². The Morgan fingerprint density at radius 3 is 2.81 bits per heavy atom. The molecule has 1 N–H and O–H groups in total. The fourth-order valence-electron chi connectivity index (χ4n) is 2.85. The first kappa shape index (κ1) is 9.75. The van der Waals surface area contributed by atoms with E-state index < -0.39 is 0 Å². The van der Waals surface area contributed by atoms with Crippen molar-refractivity contribution >= 4 is 11.9 Å². The van der Waals surface area contributed by atoms with Gasteiger partial charge in [0.05, 0.1) is 0 Å². The lowest BCUT2D eigenvalue weighted by Gasteiger charge is -2.10. The van der Waals surface area contributed by atoms with Gasteiger partial charge in [-0.1, -0.05) is 0 Å². The molecule has 2 aliphatic rings. The maximum absolute atomic E-state index is 11.7. The minimum Gasteiger partial charge on any atom is -0.295 e. The normalized spacial score (nSPS) is 30.9. The molecule has 3 atom stereocenters. The molecule has 4 nitrogen and oxygen atoms in total. The third-order valence-corrected chi connectivity index (χ3v) is 3.76. The molecule has 2 saturated carbocycles. The van der Waals surface area contributed by atoms with Gasteiger partial charge in [0.15, 0.2) is 0 Å². The van der Waals surface area contributed by atoms with Gasteiger partial charge in [0.25, 0.3) is 0 Å². The van der Waals surface area contributed by atoms with Gasteiger partial charge < -0.3 is 0 Å². The summed E-state index contributed by atoms with van der Waals surface area (Å²) < 4.78 is 0. The maximum Gasteiger partial charge on any atom is 0.229 e. The topological polar surface area (TPSA) is 54.9 Å². The van der Waals surface area contributed by atoms with Crippen molar-refractivity contribution in [1.82, 2.24) is 9.97 Å². The minimum absolute atomic E-state index is 0.0590. The Kier molecular flexibility index (Phi) is 2.35. The standard InChI is InChI=1S/C12H15N3O/c16-11(15-12-13-4-1-5-14-12)7-9-3-2-8-6-10(8)9/h1,4-5,8-10H,2-3,6-7H2,(H,13,14,15,16). The third-order valence-electron chi connectivity index (χ3n) is 3.76. The second kappa shape index (κ2) is 3.85. The van der Waals surface area contributed by atoms with Gasteiger partial charge in [0.2, 0.25) is 11.9 Å². The average molecular weight is 217 g/mol. The summed E-state index contributed by atoms with van der Waals surface area (Å²) >= 11 is 0. The SMILES string of the molecule is O=C(CC1CCC2CC12)Nc1ncccn1. The Morgan fingerprint density at radius 2 is 2.19 bits per heavy atom. The number of hydrogen-bond donors (Lipinski definition) is 1. The molecule has 1 amide bonds. The summed E-state index contributed by atoms with van der Waals surface area (Å²) in [5.41, 5.74) is 0. The monoisotopic (exact) mass is 217 g/mol. The van der Waals surface area contributed by atoms with Crippen molar-refractivity contribution in [1.29, 1.82) is 0 Å². The lowest BCUT2D eigenvalue weighted by atomic mass is 9.99. The van der Waals surface area contributed by atoms with E-state index in [1.54, 1.807) is 18.5 Å². The lowest BCUT2D eigenvalue weighted by Crippen LogP contribution is -2.17. The highest BCUT2D eigenvalue weighted by atomic mass is 16.1. The van der Waals surface area contributed by atoms with Crippen LogP contribution in [0.4, 0.5) is 5.95 Å². The van der Waals surface area contributed by atoms with Crippen LogP contribution in [0.15, 0.2) is 18.5 Å². The van der Waals surface area contributed by atoms with E-state index in [1.165, 1.54) is 19.3 Å². The summed E-state index contributed by atoms with van der Waals surface area (Å²) in [5.74, 6) is 2.85. The number of carbonyl (C=O) groups excluding carboxylic acids is 1. The van der Waals surface area contributed by atoms with Gasteiger partial charge in [-0.2, -0.15) is 0 Å². The molecule has 0 radical (unpaired) electrons. The van der Waals surface area contributed by atoms with E-state index in [2.05, 4.69) is 15.3 Å². The van der Waals surface area contributed by atoms with E-state index in [0.717, 1.165) is 11.8 Å². The molecule has 16 heavy (non-hydrogen) atoms. The highest BCUT2D eigenvalue weighted by molar-refractivity contribution is 5.89. The molecule has 2 aliphatic carbocycles. The van der Waals surface area contributed by atoms with Crippen LogP contribution in [-0.2, 0) is 4.79 Å². The molecule has 84 valence electrons. The smallest absolute Gasteiger partial charge is 0.229 e. The Labute approximate surface area is 94.5 Å². The molecule has 3 rings (SSSR count). The van der Waals surface area contributed by atoms with Gasteiger partial charge >= 0.3 is 0 Å². The summed E-state index contributed by atoms with van der Waals surface area (Å²) in [5, 5.41) is 2.75. The summed E-state index contributed by atoms with van der Waals surface area (Å²) in [6.45, 7) is 0. The molecule has 0 aromatic carbocycles. The summed E-state index contributed by atoms with van der Waals surface area (Å²) in [4.78, 5) is 19.7. The molecule has 0 aliphatic heterocycles. The van der Waals surface area contributed by atoms with E-state index >= 15 is 0 Å². The number of amides is 1. The van der Waals surface area contributed by atoms with Gasteiger partial charge in [0, 0.05) is 18.8 Å². The highest BCUT2D eigenvalue weighted by Gasteiger charge is 2.48. The molecule has 4 heteroatoms. The zero-order valence-electron chi connectivity index (χ0n) is 9.10. The first-order valence-corrected chi connectivity index (χ1v) is 5.90. The Hall–Kier alpha value is -1.45. The fourth-order valence-corrected chi connectivity index (χ4v) is 2.85. The van der Waals surface area contributed by atoms with Gasteiger partial charge in [0.1, 0.15) is 0 Å². The van der Waals surface area contributed by atoms with Crippen molar-refractivity contribution in [2.75, 3.05) is 5.32 Å². The minimum atomic E-state index is 0.0590. The molecule has 0 saturated heterocycles. The first-order chi connectivity index (χ1) is 7.83. The number of hydrogen-bond acceptors (Lipinski definition) is 3. The van der Waals surface area contributed by atoms with Crippen molar-refractivity contribution in [3.63, 3.8) is 0 Å². The third kappa shape index (κ3) is 1.92. The number of carbonyl (C=O) groups is 1. The summed E-state index contributed by atoms with van der Waals surface area (Å²) in [7, 11) is 0. The molecule has 0 bridgehead atoms. The molecule has 2 fully saturated rings. The predicted molar refractivity (Wildman–Crippen MR) is 59.6 cm³/mol. The number of nitrogens with zero attached hydrogens (tertiary/aromatic N) is 2. The number of anilines is 1. The van der Waals surface area contributed by atoms with Gasteiger partial charge in [-0.15, -0.1) is 0 Å². The Balaban J connectivity index is 1.54. The molecule has 1 aromatic heterocycles. The van der Waals surface area contributed by atoms with Crippen molar-refractivity contribution in [3.8, 4) is 0 Å². The zero-order chi connectivity index (χ0) is 11.0. The summed E-state index contributed by atoms with van der Waals surface area (Å²) in [6, 6.07) is 1.74. The van der Waals surface area contributed by atoms with Crippen molar-refractivity contribution in [2.45, 2.75) is 25.7 Å². The number of aromatic nitrogens is 2. The van der Waals surface area contributed by atoms with Crippen LogP contribution in [0, 0.1) is 17.8 Å². The van der Waals surface area contributed by atoms with Crippen molar-refractivity contribution in [3.05, 3.63) is 18.5 Å². The maximum atomic E-state index is 11.7. The van der Waals surface area contributed by atoms with Crippen molar-refractivity contribution in [2.24, 2.45) is 17.8 Å². The Morgan fingerprint density at radius 1 is 1.38 bits per heavy atom. The molecule has 1 aromatic rings. The van der Waals surface area contributed by atoms with Crippen LogP contribution in [-0.4, -0.2) is 15.9 Å². The van der Waals surface area contributed by atoms with Gasteiger partial charge in [-0.25, -0.2) is 9.97 Å². The lowest BCUT2D eigenvalue weighted by molar-refractivity contribution is -0.117. The van der Waals surface area contributed by atoms with E-state index in [1.807, 2.05) is 0 Å². The van der Waals surface area contributed by atoms with E-state index in [4.69, 9.17) is 0 Å². The predicted octanol–water partition coefficient (Wildman–Crippen LogP) is 1.85.